The summed E-state index contributed by atoms with van der Waals surface area (Å²) in [4.78, 5) is 19.8. The first-order valence-electron chi connectivity index (χ1n) is 27.3. The smallest absolute Gasteiger partial charge is 0.129 e. The Bertz CT molecular complexity index is 2870. The number of rotatable bonds is 8. The van der Waals surface area contributed by atoms with E-state index < -0.39 is 0 Å². The minimum absolute atomic E-state index is 0.544. The third kappa shape index (κ3) is 21.2. The molecule has 3 fully saturated rings. The van der Waals surface area contributed by atoms with Gasteiger partial charge >= 0.3 is 0 Å². The topological polar surface area (TPSA) is 60.4 Å². The second kappa shape index (κ2) is 34.0. The Morgan fingerprint density at radius 1 is 0.390 bits per heavy atom. The molecule has 0 unspecified atom stereocenters. The molecule has 6 aromatic carbocycles. The summed E-state index contributed by atoms with van der Waals surface area (Å²) in [6, 6.07) is 75.2. The zero-order valence-corrected chi connectivity index (χ0v) is 47.1. The molecule has 3 saturated heterocycles. The number of hydrogen-bond acceptors (Lipinski definition) is 7. The van der Waals surface area contributed by atoms with Crippen LogP contribution >= 0.6 is 27.5 Å². The Morgan fingerprint density at radius 3 is 1.14 bits per heavy atom. The number of alkyl halides is 1. The highest BCUT2D eigenvalue weighted by Gasteiger charge is 2.18. The van der Waals surface area contributed by atoms with E-state index in [4.69, 9.17) is 11.6 Å². The van der Waals surface area contributed by atoms with Gasteiger partial charge in [-0.2, -0.15) is 0 Å². The molecule has 0 radical (unpaired) electrons. The monoisotopic (exact) mass is 1100 g/mol. The predicted octanol–water partition coefficient (Wildman–Crippen LogP) is 16.5. The van der Waals surface area contributed by atoms with Gasteiger partial charge < -0.3 is 15.1 Å². The zero-order chi connectivity index (χ0) is 53.4. The van der Waals surface area contributed by atoms with Crippen molar-refractivity contribution in [2.75, 3.05) is 62.2 Å². The van der Waals surface area contributed by atoms with Crippen LogP contribution in [0.1, 0.15) is 55.2 Å². The van der Waals surface area contributed by atoms with Crippen molar-refractivity contribution in [2.24, 2.45) is 0 Å². The largest absolute Gasteiger partial charge is 0.357 e. The minimum Gasteiger partial charge on any atom is -0.357 e. The summed E-state index contributed by atoms with van der Waals surface area (Å²) in [5.74, 6) is 2.23. The fourth-order valence-corrected chi connectivity index (χ4v) is 9.47. The van der Waals surface area contributed by atoms with Crippen LogP contribution in [0.3, 0.4) is 0 Å². The number of halogens is 2. The van der Waals surface area contributed by atoms with Crippen molar-refractivity contribution in [2.45, 2.75) is 57.3 Å². The van der Waals surface area contributed by atoms with E-state index in [1.807, 2.05) is 48.8 Å². The summed E-state index contributed by atoms with van der Waals surface area (Å²) >= 11 is 8.87. The molecule has 1 N–H and O–H groups in total. The molecule has 0 atom stereocenters. The lowest BCUT2D eigenvalue weighted by molar-refractivity contribution is 0.249. The van der Waals surface area contributed by atoms with Crippen LogP contribution in [0.25, 0.3) is 33.4 Å². The number of benzene rings is 6. The van der Waals surface area contributed by atoms with Crippen LogP contribution in [0, 0.1) is 6.92 Å². The van der Waals surface area contributed by atoms with E-state index in [1.165, 1.54) is 115 Å². The first kappa shape index (κ1) is 57.8. The second-order valence-electron chi connectivity index (χ2n) is 19.1. The van der Waals surface area contributed by atoms with Gasteiger partial charge in [0.05, 0.1) is 0 Å². The summed E-state index contributed by atoms with van der Waals surface area (Å²) in [7, 11) is 0. The van der Waals surface area contributed by atoms with Crippen molar-refractivity contribution in [3.63, 3.8) is 0 Å². The van der Waals surface area contributed by atoms with Gasteiger partial charge in [0.15, 0.2) is 0 Å². The van der Waals surface area contributed by atoms with Crippen LogP contribution in [-0.2, 0) is 11.9 Å². The van der Waals surface area contributed by atoms with Gasteiger partial charge in [0.25, 0.3) is 0 Å². The number of aryl methyl sites for hydroxylation is 1. The summed E-state index contributed by atoms with van der Waals surface area (Å²) in [6.07, 6.45) is 13.6. The number of pyridine rings is 3. The van der Waals surface area contributed by atoms with E-state index in [0.29, 0.717) is 5.15 Å². The van der Waals surface area contributed by atoms with Gasteiger partial charge in [0, 0.05) is 69.7 Å². The second-order valence-corrected chi connectivity index (χ2v) is 20.1. The quantitative estimate of drug-likeness (QED) is 0.120. The Balaban J connectivity index is 0.000000143. The number of hydrogen-bond donors (Lipinski definition) is 1. The molecule has 3 aliphatic rings. The van der Waals surface area contributed by atoms with Crippen LogP contribution in [0.4, 0.5) is 11.6 Å². The van der Waals surface area contributed by atoms with Gasteiger partial charge in [0.1, 0.15) is 16.8 Å². The minimum atomic E-state index is 0.544. The maximum atomic E-state index is 5.43. The normalized spacial score (nSPS) is 13.9. The first-order valence-corrected chi connectivity index (χ1v) is 28.8. The van der Waals surface area contributed by atoms with Crippen molar-refractivity contribution < 1.29 is 0 Å². The van der Waals surface area contributed by atoms with E-state index in [0.717, 1.165) is 49.7 Å². The summed E-state index contributed by atoms with van der Waals surface area (Å²) in [6.45, 7) is 12.2. The van der Waals surface area contributed by atoms with Crippen LogP contribution in [0.15, 0.2) is 237 Å². The first-order chi connectivity index (χ1) is 38.0. The fraction of sp³-hybridized carbons (Fsp3) is 0.250. The highest BCUT2D eigenvalue weighted by atomic mass is 79.9. The third-order valence-corrected chi connectivity index (χ3v) is 14.2. The standard InChI is InChI=1S/C22H23N3.C13H11Br.C13H12.C10H14N2.C5H4ClN.C5H11N/c1-2-6-20(7-3-1)21-11-9-19(10-12-21)18-24-14-16-25(17-15-24)22-8-4-5-13-23-22;14-10-11-6-8-13(9-7-11)12-4-2-1-3-5-12;1-11-7-9-13(10-8-11)12-5-3-2-4-6-12;1-4-8-12(9-5-1)10-6-2-3-7-11-10;6-5-3-1-2-4-7-5;1-2-4-6-5-3-1/h1-13H,14-18H2;1-9H,10H2;2-10H,1H3;2-3,6-7H,1,4-5,8-9H2;1-4H;6H,1-5H2. The Kier molecular flexibility index (Phi) is 25.5. The molecular weight excluding hydrogens is 1030 g/mol. The van der Waals surface area contributed by atoms with Gasteiger partial charge in [0.2, 0.25) is 0 Å². The molecule has 9 aromatic rings. The Morgan fingerprint density at radius 2 is 0.779 bits per heavy atom. The van der Waals surface area contributed by atoms with Gasteiger partial charge in [-0.25, -0.2) is 15.0 Å². The highest BCUT2D eigenvalue weighted by Crippen LogP contribution is 2.23. The number of piperazine rings is 1. The molecule has 12 rings (SSSR count). The maximum absolute atomic E-state index is 5.43. The molecule has 0 saturated carbocycles. The zero-order valence-electron chi connectivity index (χ0n) is 44.8. The lowest BCUT2D eigenvalue weighted by Crippen LogP contribution is -2.46. The molecule has 0 aliphatic carbocycles. The van der Waals surface area contributed by atoms with Gasteiger partial charge in [-0.05, 0) is 133 Å². The molecule has 3 aromatic heterocycles. The molecule has 3 aliphatic heterocycles. The third-order valence-electron chi connectivity index (χ3n) is 13.4. The number of piperidine rings is 2. The molecule has 0 spiro atoms. The fourth-order valence-electron chi connectivity index (χ4n) is 8.97. The predicted molar refractivity (Wildman–Crippen MR) is 331 cm³/mol. The number of aromatic nitrogens is 3. The van der Waals surface area contributed by atoms with Gasteiger partial charge in [-0.1, -0.05) is 222 Å². The van der Waals surface area contributed by atoms with Crippen LogP contribution in [0.2, 0.25) is 5.15 Å². The Labute approximate surface area is 473 Å². The summed E-state index contributed by atoms with van der Waals surface area (Å²) in [5.41, 5.74) is 11.7. The molecule has 396 valence electrons. The molecule has 0 amide bonds. The summed E-state index contributed by atoms with van der Waals surface area (Å²) < 4.78 is 0. The van der Waals surface area contributed by atoms with Crippen molar-refractivity contribution >= 4 is 39.2 Å². The average Bonchev–Trinajstić information content (AvgIpc) is 3.52. The van der Waals surface area contributed by atoms with Gasteiger partial charge in [-0.3, -0.25) is 4.90 Å². The van der Waals surface area contributed by atoms with Crippen molar-refractivity contribution in [1.82, 2.24) is 25.2 Å². The molecule has 6 heterocycles. The van der Waals surface area contributed by atoms with E-state index >= 15 is 0 Å². The molecular formula is C68H75BrClN7. The van der Waals surface area contributed by atoms with Crippen LogP contribution < -0.4 is 15.1 Å². The summed E-state index contributed by atoms with van der Waals surface area (Å²) in [5, 5.41) is 4.75. The molecule has 0 bridgehead atoms. The van der Waals surface area contributed by atoms with Crippen LogP contribution in [0.5, 0.6) is 0 Å². The van der Waals surface area contributed by atoms with Crippen molar-refractivity contribution in [3.05, 3.63) is 259 Å². The van der Waals surface area contributed by atoms with E-state index in [1.54, 1.807) is 12.3 Å². The lowest BCUT2D eigenvalue weighted by Gasteiger charge is -2.35. The van der Waals surface area contributed by atoms with Gasteiger partial charge in [-0.15, -0.1) is 0 Å². The number of anilines is 2. The van der Waals surface area contributed by atoms with E-state index in [9.17, 15) is 0 Å². The average molecular weight is 1110 g/mol. The van der Waals surface area contributed by atoms with Crippen LogP contribution in [-0.4, -0.2) is 72.2 Å². The van der Waals surface area contributed by atoms with E-state index in [2.05, 4.69) is 234 Å². The number of nitrogens with one attached hydrogen (secondary N) is 1. The molecule has 77 heavy (non-hydrogen) atoms. The van der Waals surface area contributed by atoms with E-state index in [-0.39, 0.29) is 0 Å². The lowest BCUT2D eigenvalue weighted by atomic mass is 10.0. The van der Waals surface area contributed by atoms with Crippen molar-refractivity contribution in [3.8, 4) is 33.4 Å². The molecule has 9 heteroatoms. The highest BCUT2D eigenvalue weighted by molar-refractivity contribution is 9.08. The Hall–Kier alpha value is -6.94. The number of nitrogens with zero attached hydrogens (tertiary/aromatic N) is 6. The SMILES string of the molecule is BrCc1ccc(-c2ccccc2)cc1.C1CCNCC1.Cc1ccc(-c2ccccc2)cc1.Clc1ccccn1.c1ccc(-c2ccc(CN3CCN(c4ccccn4)CC3)cc2)cc1.c1ccc(N2CCCCC2)nc1. The van der Waals surface area contributed by atoms with Crippen molar-refractivity contribution in [1.29, 1.82) is 0 Å². The maximum Gasteiger partial charge on any atom is 0.129 e. The molecule has 7 nitrogen and oxygen atoms in total.